The van der Waals surface area contributed by atoms with Crippen LogP contribution in [0.5, 0.6) is 5.75 Å². The third kappa shape index (κ3) is 5.97. The molecule has 0 radical (unpaired) electrons. The van der Waals surface area contributed by atoms with Crippen LogP contribution in [-0.4, -0.2) is 75.2 Å². The molecule has 0 saturated carbocycles. The Bertz CT molecular complexity index is 1090. The van der Waals surface area contributed by atoms with Gasteiger partial charge in [-0.05, 0) is 63.5 Å². The molecule has 2 N–H and O–H groups in total. The van der Waals surface area contributed by atoms with Crippen molar-refractivity contribution in [2.45, 2.75) is 30.9 Å². The monoisotopic (exact) mass is 495 g/mol. The van der Waals surface area contributed by atoms with E-state index in [0.29, 0.717) is 23.9 Å². The first-order chi connectivity index (χ1) is 15.5. The fourth-order valence-electron chi connectivity index (χ4n) is 3.69. The van der Waals surface area contributed by atoms with Crippen LogP contribution in [0.2, 0.25) is 5.02 Å². The number of carbonyl (C=O) groups is 1. The van der Waals surface area contributed by atoms with Crippen molar-refractivity contribution < 1.29 is 23.1 Å². The van der Waals surface area contributed by atoms with E-state index in [9.17, 15) is 18.3 Å². The predicted octanol–water partition coefficient (Wildman–Crippen LogP) is 2.92. The summed E-state index contributed by atoms with van der Waals surface area (Å²) in [6.45, 7) is 4.65. The molecule has 180 valence electrons. The smallest absolute Gasteiger partial charge is 0.261 e. The van der Waals surface area contributed by atoms with Crippen molar-refractivity contribution in [2.75, 3.05) is 38.5 Å². The number of amides is 1. The predicted molar refractivity (Wildman–Crippen MR) is 128 cm³/mol. The number of sulfonamides is 1. The summed E-state index contributed by atoms with van der Waals surface area (Å²) in [5.41, 5.74) is 0.470. The van der Waals surface area contributed by atoms with Crippen molar-refractivity contribution in [3.63, 3.8) is 0 Å². The largest absolute Gasteiger partial charge is 0.488 e. The zero-order valence-corrected chi connectivity index (χ0v) is 20.7. The van der Waals surface area contributed by atoms with Crippen LogP contribution in [0.15, 0.2) is 47.4 Å². The molecule has 0 aliphatic carbocycles. The van der Waals surface area contributed by atoms with Gasteiger partial charge < -0.3 is 19.6 Å². The highest BCUT2D eigenvalue weighted by molar-refractivity contribution is 7.92. The number of aliphatic hydroxyl groups excluding tert-OH is 1. The number of nitrogens with one attached hydrogen (secondary N) is 1. The van der Waals surface area contributed by atoms with Gasteiger partial charge in [0.25, 0.3) is 15.9 Å². The molecule has 1 heterocycles. The number of nitrogens with zero attached hydrogens (tertiary/aromatic N) is 2. The number of benzene rings is 2. The van der Waals surface area contributed by atoms with Crippen molar-refractivity contribution >= 4 is 33.2 Å². The molecule has 2 aromatic carbocycles. The highest BCUT2D eigenvalue weighted by Gasteiger charge is 2.33. The molecule has 3 atom stereocenters. The van der Waals surface area contributed by atoms with Gasteiger partial charge in [-0.2, -0.15) is 0 Å². The molecule has 0 fully saturated rings. The number of hydrogen-bond donors (Lipinski definition) is 2. The SMILES string of the molecule is C[C@@H]1CN([C@H](C)CO)C(=O)c2cc(NS(=O)(=O)c3ccc(Cl)cc3)ccc2O[C@@H]1CN(C)C. The Labute approximate surface area is 200 Å². The summed E-state index contributed by atoms with van der Waals surface area (Å²) in [7, 11) is 0.0147. The Morgan fingerprint density at radius 1 is 1.24 bits per heavy atom. The van der Waals surface area contributed by atoms with Gasteiger partial charge >= 0.3 is 0 Å². The van der Waals surface area contributed by atoms with E-state index in [0.717, 1.165) is 0 Å². The zero-order valence-electron chi connectivity index (χ0n) is 19.2. The number of halogens is 1. The summed E-state index contributed by atoms with van der Waals surface area (Å²) in [5.74, 6) is 0.0683. The number of fused-ring (bicyclic) bond motifs is 1. The van der Waals surface area contributed by atoms with Crippen molar-refractivity contribution in [3.05, 3.63) is 53.1 Å². The van der Waals surface area contributed by atoms with Gasteiger partial charge in [0, 0.05) is 29.7 Å². The Morgan fingerprint density at radius 3 is 2.52 bits per heavy atom. The summed E-state index contributed by atoms with van der Waals surface area (Å²) in [4.78, 5) is 17.1. The van der Waals surface area contributed by atoms with Crippen molar-refractivity contribution in [2.24, 2.45) is 5.92 Å². The van der Waals surface area contributed by atoms with E-state index in [4.69, 9.17) is 16.3 Å². The lowest BCUT2D eigenvalue weighted by Gasteiger charge is -2.37. The number of hydrogen-bond acceptors (Lipinski definition) is 6. The Morgan fingerprint density at radius 2 is 1.91 bits per heavy atom. The van der Waals surface area contributed by atoms with Gasteiger partial charge in [-0.3, -0.25) is 9.52 Å². The van der Waals surface area contributed by atoms with E-state index in [1.165, 1.54) is 30.3 Å². The van der Waals surface area contributed by atoms with E-state index in [1.807, 2.05) is 25.9 Å². The average molecular weight is 496 g/mol. The highest BCUT2D eigenvalue weighted by Crippen LogP contribution is 2.31. The zero-order chi connectivity index (χ0) is 24.3. The molecule has 10 heteroatoms. The molecule has 1 amide bonds. The molecule has 0 unspecified atom stereocenters. The van der Waals surface area contributed by atoms with Crippen LogP contribution in [0.1, 0.15) is 24.2 Å². The van der Waals surface area contributed by atoms with Gasteiger partial charge in [-0.15, -0.1) is 0 Å². The molecule has 2 aromatic rings. The first-order valence-electron chi connectivity index (χ1n) is 10.7. The van der Waals surface area contributed by atoms with Crippen molar-refractivity contribution in [1.29, 1.82) is 0 Å². The molecule has 0 bridgehead atoms. The number of likely N-dealkylation sites (N-methyl/N-ethyl adjacent to an activating group) is 1. The minimum atomic E-state index is -3.88. The fraction of sp³-hybridized carbons (Fsp3) is 0.435. The minimum absolute atomic E-state index is 0.0154. The van der Waals surface area contributed by atoms with Crippen molar-refractivity contribution in [3.8, 4) is 5.75 Å². The molecular weight excluding hydrogens is 466 g/mol. The maximum atomic E-state index is 13.4. The summed E-state index contributed by atoms with van der Waals surface area (Å²) in [6, 6.07) is 10.1. The summed E-state index contributed by atoms with van der Waals surface area (Å²) in [5, 5.41) is 10.2. The summed E-state index contributed by atoms with van der Waals surface area (Å²) >= 11 is 5.86. The second-order valence-corrected chi connectivity index (χ2v) is 10.8. The number of aliphatic hydroxyl groups is 1. The lowest BCUT2D eigenvalue weighted by Crippen LogP contribution is -2.49. The molecule has 3 rings (SSSR count). The molecule has 1 aliphatic rings. The number of anilines is 1. The fourth-order valence-corrected chi connectivity index (χ4v) is 4.87. The van der Waals surface area contributed by atoms with E-state index in [1.54, 1.807) is 24.0 Å². The molecule has 0 aromatic heterocycles. The highest BCUT2D eigenvalue weighted by atomic mass is 35.5. The molecule has 8 nitrogen and oxygen atoms in total. The number of ether oxygens (including phenoxy) is 1. The summed E-state index contributed by atoms with van der Waals surface area (Å²) in [6.07, 6.45) is -0.197. The normalized spacial score (nSPS) is 20.0. The van der Waals surface area contributed by atoms with Gasteiger partial charge in [-0.1, -0.05) is 18.5 Å². The standard InChI is InChI=1S/C23H30ClN3O5S/c1-15-12-27(16(2)14-28)23(29)20-11-18(7-10-21(20)32-22(15)13-26(3)4)25-33(30,31)19-8-5-17(24)6-9-19/h5-11,15-16,22,25,28H,12-14H2,1-4H3/t15-,16-,22-/m1/s1. The molecular formula is C23H30ClN3O5S. The van der Waals surface area contributed by atoms with Crippen LogP contribution in [0, 0.1) is 5.92 Å². The van der Waals surface area contributed by atoms with E-state index in [-0.39, 0.29) is 40.7 Å². The first kappa shape index (κ1) is 25.3. The molecule has 0 saturated heterocycles. The number of rotatable bonds is 7. The van der Waals surface area contributed by atoms with Gasteiger partial charge in [-0.25, -0.2) is 8.42 Å². The maximum Gasteiger partial charge on any atom is 0.261 e. The van der Waals surface area contributed by atoms with Gasteiger partial charge in [0.05, 0.1) is 23.1 Å². The average Bonchev–Trinajstić information content (AvgIpc) is 2.76. The van der Waals surface area contributed by atoms with Crippen LogP contribution in [0.3, 0.4) is 0 Å². The van der Waals surface area contributed by atoms with E-state index in [2.05, 4.69) is 4.72 Å². The Hall–Kier alpha value is -2.33. The lowest BCUT2D eigenvalue weighted by molar-refractivity contribution is 0.0363. The second kappa shape index (κ2) is 10.3. The third-order valence-electron chi connectivity index (χ3n) is 5.59. The Balaban J connectivity index is 2.00. The van der Waals surface area contributed by atoms with Crippen LogP contribution in [0.25, 0.3) is 0 Å². The lowest BCUT2D eigenvalue weighted by atomic mass is 9.99. The third-order valence-corrected chi connectivity index (χ3v) is 7.24. The van der Waals surface area contributed by atoms with E-state index >= 15 is 0 Å². The quantitative estimate of drug-likeness (QED) is 0.612. The number of carbonyl (C=O) groups excluding carboxylic acids is 1. The van der Waals surface area contributed by atoms with Gasteiger partial charge in [0.2, 0.25) is 0 Å². The van der Waals surface area contributed by atoms with Gasteiger partial charge in [0.15, 0.2) is 0 Å². The van der Waals surface area contributed by atoms with Crippen molar-refractivity contribution in [1.82, 2.24) is 9.80 Å². The maximum absolute atomic E-state index is 13.4. The molecule has 0 spiro atoms. The van der Waals surface area contributed by atoms with Crippen LogP contribution >= 0.6 is 11.6 Å². The molecule has 33 heavy (non-hydrogen) atoms. The van der Waals surface area contributed by atoms with E-state index < -0.39 is 16.1 Å². The second-order valence-electron chi connectivity index (χ2n) is 8.66. The molecule has 1 aliphatic heterocycles. The topological polar surface area (TPSA) is 99.2 Å². The Kier molecular flexibility index (Phi) is 7.89. The minimum Gasteiger partial charge on any atom is -0.488 e. The van der Waals surface area contributed by atoms with Crippen LogP contribution < -0.4 is 9.46 Å². The first-order valence-corrected chi connectivity index (χ1v) is 12.5. The van der Waals surface area contributed by atoms with Crippen LogP contribution in [-0.2, 0) is 10.0 Å². The summed E-state index contributed by atoms with van der Waals surface area (Å²) < 4.78 is 34.4. The van der Waals surface area contributed by atoms with Gasteiger partial charge in [0.1, 0.15) is 11.9 Å². The van der Waals surface area contributed by atoms with Crippen LogP contribution in [0.4, 0.5) is 5.69 Å².